The molecule has 0 unspecified atom stereocenters. The molecule has 21 heavy (non-hydrogen) atoms. The number of nitrogens with zero attached hydrogens (tertiary/aromatic N) is 4. The van der Waals surface area contributed by atoms with Crippen LogP contribution in [0, 0.1) is 0 Å². The average molecular weight is 313 g/mol. The molecule has 4 rings (SSSR count). The SMILES string of the molecule is Clc1cccc2nc(-c3ccc(-n4cncn4)cc3)sc12. The second kappa shape index (κ2) is 4.95. The van der Waals surface area contributed by atoms with Crippen molar-refractivity contribution < 1.29 is 0 Å². The summed E-state index contributed by atoms with van der Waals surface area (Å²) in [6.45, 7) is 0. The maximum atomic E-state index is 6.20. The minimum Gasteiger partial charge on any atom is -0.236 e. The van der Waals surface area contributed by atoms with Gasteiger partial charge in [0, 0.05) is 5.56 Å². The lowest BCUT2D eigenvalue weighted by Crippen LogP contribution is -1.93. The van der Waals surface area contributed by atoms with Crippen molar-refractivity contribution in [3.05, 3.63) is 60.1 Å². The van der Waals surface area contributed by atoms with Gasteiger partial charge in [-0.25, -0.2) is 14.6 Å². The Bertz CT molecular complexity index is 897. The molecule has 0 saturated carbocycles. The highest BCUT2D eigenvalue weighted by Gasteiger charge is 2.08. The molecular formula is C15H9ClN4S. The van der Waals surface area contributed by atoms with Crippen molar-refractivity contribution in [3.63, 3.8) is 0 Å². The molecule has 0 fully saturated rings. The third kappa shape index (κ3) is 2.20. The van der Waals surface area contributed by atoms with Crippen molar-refractivity contribution in [1.29, 1.82) is 0 Å². The second-order valence-corrected chi connectivity index (χ2v) is 5.90. The van der Waals surface area contributed by atoms with Gasteiger partial charge in [-0.15, -0.1) is 11.3 Å². The molecule has 102 valence electrons. The molecule has 2 heterocycles. The van der Waals surface area contributed by atoms with E-state index in [1.165, 1.54) is 6.33 Å². The van der Waals surface area contributed by atoms with Crippen LogP contribution in [0.25, 0.3) is 26.5 Å². The molecule has 0 spiro atoms. The van der Waals surface area contributed by atoms with Crippen LogP contribution in [0.1, 0.15) is 0 Å². The molecule has 6 heteroatoms. The Labute approximate surface area is 129 Å². The molecule has 0 aliphatic heterocycles. The van der Waals surface area contributed by atoms with Gasteiger partial charge in [-0.2, -0.15) is 5.10 Å². The van der Waals surface area contributed by atoms with Crippen LogP contribution in [0.3, 0.4) is 0 Å². The fraction of sp³-hybridized carbons (Fsp3) is 0. The standard InChI is InChI=1S/C15H9ClN4S/c16-12-2-1-3-13-14(12)21-15(19-13)10-4-6-11(7-5-10)20-9-17-8-18-20/h1-9H. The Morgan fingerprint density at radius 1 is 1.05 bits per heavy atom. The molecule has 2 aromatic carbocycles. The van der Waals surface area contributed by atoms with E-state index in [4.69, 9.17) is 11.6 Å². The molecule has 0 radical (unpaired) electrons. The average Bonchev–Trinajstić information content (AvgIpc) is 3.18. The third-order valence-corrected chi connectivity index (χ3v) is 4.75. The number of aromatic nitrogens is 4. The van der Waals surface area contributed by atoms with Gasteiger partial charge < -0.3 is 0 Å². The minimum absolute atomic E-state index is 0.746. The Kier molecular flexibility index (Phi) is 2.94. The Balaban J connectivity index is 1.76. The van der Waals surface area contributed by atoms with Crippen LogP contribution in [0.15, 0.2) is 55.1 Å². The van der Waals surface area contributed by atoms with Crippen LogP contribution in [-0.4, -0.2) is 19.7 Å². The van der Waals surface area contributed by atoms with Crippen LogP contribution in [0.2, 0.25) is 5.02 Å². The van der Waals surface area contributed by atoms with E-state index < -0.39 is 0 Å². The van der Waals surface area contributed by atoms with Gasteiger partial charge in [-0.1, -0.05) is 17.7 Å². The highest BCUT2D eigenvalue weighted by molar-refractivity contribution is 7.22. The topological polar surface area (TPSA) is 43.6 Å². The first-order valence-electron chi connectivity index (χ1n) is 6.32. The van der Waals surface area contributed by atoms with E-state index in [0.717, 1.165) is 31.5 Å². The normalized spacial score (nSPS) is 11.1. The molecule has 4 nitrogen and oxygen atoms in total. The van der Waals surface area contributed by atoms with Crippen molar-refractivity contribution in [1.82, 2.24) is 19.7 Å². The van der Waals surface area contributed by atoms with E-state index in [1.807, 2.05) is 42.5 Å². The molecule has 0 aliphatic carbocycles. The summed E-state index contributed by atoms with van der Waals surface area (Å²) in [7, 11) is 0. The fourth-order valence-electron chi connectivity index (χ4n) is 2.14. The van der Waals surface area contributed by atoms with Gasteiger partial charge in [-0.05, 0) is 36.4 Å². The lowest BCUT2D eigenvalue weighted by atomic mass is 10.2. The van der Waals surface area contributed by atoms with Crippen molar-refractivity contribution in [2.75, 3.05) is 0 Å². The maximum absolute atomic E-state index is 6.20. The molecule has 0 N–H and O–H groups in total. The number of thiazole rings is 1. The van der Waals surface area contributed by atoms with Crippen LogP contribution in [0.5, 0.6) is 0 Å². The van der Waals surface area contributed by atoms with Crippen molar-refractivity contribution in [3.8, 4) is 16.3 Å². The highest BCUT2D eigenvalue weighted by Crippen LogP contribution is 2.34. The zero-order valence-corrected chi connectivity index (χ0v) is 12.3. The zero-order chi connectivity index (χ0) is 14.2. The highest BCUT2D eigenvalue weighted by atomic mass is 35.5. The summed E-state index contributed by atoms with van der Waals surface area (Å²) in [4.78, 5) is 8.58. The fourth-order valence-corrected chi connectivity index (χ4v) is 3.40. The smallest absolute Gasteiger partial charge is 0.138 e. The Morgan fingerprint density at radius 2 is 1.90 bits per heavy atom. The van der Waals surface area contributed by atoms with Crippen molar-refractivity contribution in [2.24, 2.45) is 0 Å². The summed E-state index contributed by atoms with van der Waals surface area (Å²) in [6.07, 6.45) is 3.19. The van der Waals surface area contributed by atoms with Crippen LogP contribution in [-0.2, 0) is 0 Å². The van der Waals surface area contributed by atoms with E-state index in [2.05, 4.69) is 15.1 Å². The summed E-state index contributed by atoms with van der Waals surface area (Å²) in [6, 6.07) is 13.8. The molecule has 0 bridgehead atoms. The molecule has 4 aromatic rings. The van der Waals surface area contributed by atoms with Crippen LogP contribution >= 0.6 is 22.9 Å². The van der Waals surface area contributed by atoms with Gasteiger partial charge in [0.05, 0.1) is 20.9 Å². The monoisotopic (exact) mass is 312 g/mol. The number of benzene rings is 2. The van der Waals surface area contributed by atoms with Crippen LogP contribution < -0.4 is 0 Å². The first kappa shape index (κ1) is 12.5. The zero-order valence-electron chi connectivity index (χ0n) is 10.8. The Hall–Kier alpha value is -2.24. The second-order valence-electron chi connectivity index (χ2n) is 4.49. The van der Waals surface area contributed by atoms with Gasteiger partial charge >= 0.3 is 0 Å². The van der Waals surface area contributed by atoms with Crippen LogP contribution in [0.4, 0.5) is 0 Å². The van der Waals surface area contributed by atoms with E-state index in [9.17, 15) is 0 Å². The molecule has 0 saturated heterocycles. The lowest BCUT2D eigenvalue weighted by Gasteiger charge is -2.01. The molecule has 0 amide bonds. The molecule has 0 atom stereocenters. The van der Waals surface area contributed by atoms with Crippen molar-refractivity contribution in [2.45, 2.75) is 0 Å². The maximum Gasteiger partial charge on any atom is 0.138 e. The summed E-state index contributed by atoms with van der Waals surface area (Å²) >= 11 is 7.80. The Morgan fingerprint density at radius 3 is 2.62 bits per heavy atom. The first-order chi connectivity index (χ1) is 10.3. The molecule has 0 aliphatic rings. The quantitative estimate of drug-likeness (QED) is 0.557. The summed E-state index contributed by atoms with van der Waals surface area (Å²) in [5.41, 5.74) is 2.97. The van der Waals surface area contributed by atoms with Gasteiger partial charge in [0.2, 0.25) is 0 Å². The van der Waals surface area contributed by atoms with Gasteiger partial charge in [0.25, 0.3) is 0 Å². The number of hydrogen-bond acceptors (Lipinski definition) is 4. The minimum atomic E-state index is 0.746. The van der Waals surface area contributed by atoms with Gasteiger partial charge in [0.15, 0.2) is 0 Å². The molecular weight excluding hydrogens is 304 g/mol. The third-order valence-electron chi connectivity index (χ3n) is 3.16. The summed E-state index contributed by atoms with van der Waals surface area (Å²) in [5, 5.41) is 5.82. The number of fused-ring (bicyclic) bond motifs is 1. The summed E-state index contributed by atoms with van der Waals surface area (Å²) < 4.78 is 2.74. The number of hydrogen-bond donors (Lipinski definition) is 0. The lowest BCUT2D eigenvalue weighted by molar-refractivity contribution is 0.879. The van der Waals surface area contributed by atoms with E-state index in [0.29, 0.717) is 0 Å². The van der Waals surface area contributed by atoms with Crippen molar-refractivity contribution >= 4 is 33.2 Å². The van der Waals surface area contributed by atoms with E-state index >= 15 is 0 Å². The van der Waals surface area contributed by atoms with E-state index in [1.54, 1.807) is 22.3 Å². The predicted octanol–water partition coefficient (Wildman–Crippen LogP) is 4.20. The number of halogens is 1. The predicted molar refractivity (Wildman–Crippen MR) is 85.0 cm³/mol. The number of rotatable bonds is 2. The first-order valence-corrected chi connectivity index (χ1v) is 7.51. The molecule has 2 aromatic heterocycles. The largest absolute Gasteiger partial charge is 0.236 e. The summed E-state index contributed by atoms with van der Waals surface area (Å²) in [5.74, 6) is 0. The van der Waals surface area contributed by atoms with Gasteiger partial charge in [0.1, 0.15) is 17.7 Å². The van der Waals surface area contributed by atoms with E-state index in [-0.39, 0.29) is 0 Å². The van der Waals surface area contributed by atoms with Gasteiger partial charge in [-0.3, -0.25) is 0 Å².